The van der Waals surface area contributed by atoms with Crippen LogP contribution in [0.5, 0.6) is 0 Å². The van der Waals surface area contributed by atoms with Crippen LogP contribution < -0.4 is 5.32 Å². The minimum atomic E-state index is -0.314. The summed E-state index contributed by atoms with van der Waals surface area (Å²) in [6.07, 6.45) is 6.41. The maximum Gasteiger partial charge on any atom is 0.230 e. The predicted molar refractivity (Wildman–Crippen MR) is 91.5 cm³/mol. The van der Waals surface area contributed by atoms with E-state index in [2.05, 4.69) is 22.4 Å². The lowest BCUT2D eigenvalue weighted by molar-refractivity contribution is -0.124. The largest absolute Gasteiger partial charge is 0.379 e. The van der Waals surface area contributed by atoms with Gasteiger partial charge in [0.25, 0.3) is 0 Å². The third-order valence-electron chi connectivity index (χ3n) is 5.27. The van der Waals surface area contributed by atoms with E-state index in [0.29, 0.717) is 19.1 Å². The zero-order chi connectivity index (χ0) is 16.4. The first-order valence-corrected chi connectivity index (χ1v) is 8.61. The Bertz CT molecular complexity index is 698. The van der Waals surface area contributed by atoms with Crippen LogP contribution >= 0.6 is 0 Å². The molecule has 1 saturated carbocycles. The maximum absolute atomic E-state index is 12.9. The molecule has 2 heterocycles. The molecule has 0 bridgehead atoms. The fourth-order valence-corrected chi connectivity index (χ4v) is 3.62. The van der Waals surface area contributed by atoms with Crippen LogP contribution in [-0.2, 0) is 21.4 Å². The van der Waals surface area contributed by atoms with E-state index >= 15 is 0 Å². The molecule has 2 fully saturated rings. The Morgan fingerprint density at radius 3 is 2.58 bits per heavy atom. The van der Waals surface area contributed by atoms with E-state index in [0.717, 1.165) is 24.8 Å². The molecular formula is C20H22N2O2. The summed E-state index contributed by atoms with van der Waals surface area (Å²) in [4.78, 5) is 17.0. The van der Waals surface area contributed by atoms with Gasteiger partial charge in [-0.1, -0.05) is 30.3 Å². The van der Waals surface area contributed by atoms with Gasteiger partial charge in [0.15, 0.2) is 0 Å². The van der Waals surface area contributed by atoms with Gasteiger partial charge in [-0.2, -0.15) is 0 Å². The lowest BCUT2D eigenvalue weighted by Gasteiger charge is -2.23. The molecule has 4 rings (SSSR count). The summed E-state index contributed by atoms with van der Waals surface area (Å²) in [7, 11) is 0. The van der Waals surface area contributed by atoms with Gasteiger partial charge in [0.1, 0.15) is 0 Å². The number of rotatable bonds is 5. The topological polar surface area (TPSA) is 51.2 Å². The van der Waals surface area contributed by atoms with Crippen molar-refractivity contribution >= 4 is 5.91 Å². The Morgan fingerprint density at radius 2 is 1.88 bits per heavy atom. The standard InChI is InChI=1S/C20H22N2O2/c23-19(20(8-9-20)17-4-2-1-3-5-17)22-18-14-24-13-16(18)12-15-6-10-21-11-7-15/h1-7,10-11,16,18H,8-9,12-14H2,(H,22,23)/t16-,18+/m1/s1. The van der Waals surface area contributed by atoms with Gasteiger partial charge < -0.3 is 10.1 Å². The number of benzene rings is 1. The van der Waals surface area contributed by atoms with E-state index in [1.54, 1.807) is 0 Å². The molecule has 1 aliphatic carbocycles. The maximum atomic E-state index is 12.9. The molecule has 4 nitrogen and oxygen atoms in total. The Morgan fingerprint density at radius 1 is 1.12 bits per heavy atom. The average Bonchev–Trinajstić information content (AvgIpc) is 3.34. The summed E-state index contributed by atoms with van der Waals surface area (Å²) >= 11 is 0. The number of nitrogens with zero attached hydrogens (tertiary/aromatic N) is 1. The lowest BCUT2D eigenvalue weighted by Crippen LogP contribution is -2.45. The summed E-state index contributed by atoms with van der Waals surface area (Å²) in [6.45, 7) is 1.30. The first kappa shape index (κ1) is 15.3. The van der Waals surface area contributed by atoms with E-state index in [4.69, 9.17) is 4.74 Å². The number of aromatic nitrogens is 1. The van der Waals surface area contributed by atoms with E-state index in [1.165, 1.54) is 5.56 Å². The third-order valence-corrected chi connectivity index (χ3v) is 5.27. The number of carbonyl (C=O) groups excluding carboxylic acids is 1. The van der Waals surface area contributed by atoms with Crippen LogP contribution in [0.15, 0.2) is 54.9 Å². The van der Waals surface area contributed by atoms with E-state index in [1.807, 2.05) is 42.7 Å². The Labute approximate surface area is 142 Å². The molecule has 24 heavy (non-hydrogen) atoms. The highest BCUT2D eigenvalue weighted by Gasteiger charge is 2.52. The van der Waals surface area contributed by atoms with E-state index < -0.39 is 0 Å². The number of hydrogen-bond acceptors (Lipinski definition) is 3. The van der Waals surface area contributed by atoms with Crippen LogP contribution in [0.2, 0.25) is 0 Å². The smallest absolute Gasteiger partial charge is 0.230 e. The van der Waals surface area contributed by atoms with E-state index in [-0.39, 0.29) is 17.4 Å². The highest BCUT2D eigenvalue weighted by atomic mass is 16.5. The molecule has 0 unspecified atom stereocenters. The zero-order valence-electron chi connectivity index (χ0n) is 13.7. The number of pyridine rings is 1. The summed E-state index contributed by atoms with van der Waals surface area (Å²) < 4.78 is 5.65. The quantitative estimate of drug-likeness (QED) is 0.920. The highest BCUT2D eigenvalue weighted by Crippen LogP contribution is 2.48. The van der Waals surface area contributed by atoms with Crippen molar-refractivity contribution in [2.75, 3.05) is 13.2 Å². The van der Waals surface area contributed by atoms with Crippen molar-refractivity contribution < 1.29 is 9.53 Å². The van der Waals surface area contributed by atoms with Gasteiger partial charge in [-0.15, -0.1) is 0 Å². The van der Waals surface area contributed by atoms with Gasteiger partial charge in [0, 0.05) is 18.3 Å². The van der Waals surface area contributed by atoms with Crippen LogP contribution in [0.4, 0.5) is 0 Å². The fourth-order valence-electron chi connectivity index (χ4n) is 3.62. The van der Waals surface area contributed by atoms with Crippen LogP contribution in [0.1, 0.15) is 24.0 Å². The summed E-state index contributed by atoms with van der Waals surface area (Å²) in [6, 6.07) is 14.3. The number of ether oxygens (including phenoxy) is 1. The third kappa shape index (κ3) is 2.94. The number of amides is 1. The number of hydrogen-bond donors (Lipinski definition) is 1. The van der Waals surface area contributed by atoms with Crippen molar-refractivity contribution in [3.8, 4) is 0 Å². The molecule has 2 aliphatic rings. The van der Waals surface area contributed by atoms with Crippen LogP contribution in [0.3, 0.4) is 0 Å². The molecule has 0 radical (unpaired) electrons. The molecule has 1 aromatic heterocycles. The first-order valence-electron chi connectivity index (χ1n) is 8.61. The molecule has 2 aromatic rings. The molecule has 124 valence electrons. The first-order chi connectivity index (χ1) is 11.8. The summed E-state index contributed by atoms with van der Waals surface area (Å²) in [5, 5.41) is 3.27. The molecule has 1 amide bonds. The average molecular weight is 322 g/mol. The van der Waals surface area contributed by atoms with Crippen molar-refractivity contribution in [2.24, 2.45) is 5.92 Å². The zero-order valence-corrected chi connectivity index (χ0v) is 13.7. The fraction of sp³-hybridized carbons (Fsp3) is 0.400. The number of carbonyl (C=O) groups is 1. The molecular weight excluding hydrogens is 300 g/mol. The second kappa shape index (κ2) is 6.36. The van der Waals surface area contributed by atoms with Crippen molar-refractivity contribution in [1.82, 2.24) is 10.3 Å². The van der Waals surface area contributed by atoms with Crippen molar-refractivity contribution in [3.05, 3.63) is 66.0 Å². The molecule has 0 spiro atoms. The van der Waals surface area contributed by atoms with E-state index in [9.17, 15) is 4.79 Å². The van der Waals surface area contributed by atoms with Gasteiger partial charge in [0.2, 0.25) is 5.91 Å². The van der Waals surface area contributed by atoms with Crippen LogP contribution in [0, 0.1) is 5.92 Å². The minimum absolute atomic E-state index is 0.0897. The molecule has 2 atom stereocenters. The second-order valence-electron chi connectivity index (χ2n) is 6.89. The Balaban J connectivity index is 1.44. The molecule has 1 aliphatic heterocycles. The van der Waals surface area contributed by atoms with Gasteiger partial charge in [-0.3, -0.25) is 9.78 Å². The van der Waals surface area contributed by atoms with Crippen LogP contribution in [-0.4, -0.2) is 30.1 Å². The normalized spacial score (nSPS) is 24.5. The SMILES string of the molecule is O=C(N[C@H]1COC[C@H]1Cc1ccncc1)C1(c2ccccc2)CC1. The summed E-state index contributed by atoms with van der Waals surface area (Å²) in [5.41, 5.74) is 2.06. The van der Waals surface area contributed by atoms with Crippen molar-refractivity contribution in [2.45, 2.75) is 30.7 Å². The van der Waals surface area contributed by atoms with Gasteiger partial charge in [0.05, 0.1) is 24.7 Å². The Hall–Kier alpha value is -2.20. The van der Waals surface area contributed by atoms with Gasteiger partial charge in [-0.25, -0.2) is 0 Å². The molecule has 1 N–H and O–H groups in total. The molecule has 1 saturated heterocycles. The van der Waals surface area contributed by atoms with Crippen molar-refractivity contribution in [1.29, 1.82) is 0 Å². The molecule has 4 heteroatoms. The molecule has 1 aromatic carbocycles. The van der Waals surface area contributed by atoms with Gasteiger partial charge >= 0.3 is 0 Å². The lowest BCUT2D eigenvalue weighted by atomic mass is 9.92. The predicted octanol–water partition coefficient (Wildman–Crippen LogP) is 2.49. The highest BCUT2D eigenvalue weighted by molar-refractivity contribution is 5.91. The monoisotopic (exact) mass is 322 g/mol. The second-order valence-corrected chi connectivity index (χ2v) is 6.89. The van der Waals surface area contributed by atoms with Gasteiger partial charge in [-0.05, 0) is 42.5 Å². The summed E-state index contributed by atoms with van der Waals surface area (Å²) in [5.74, 6) is 0.479. The Kier molecular flexibility index (Phi) is 4.07. The van der Waals surface area contributed by atoms with Crippen LogP contribution in [0.25, 0.3) is 0 Å². The van der Waals surface area contributed by atoms with Crippen molar-refractivity contribution in [3.63, 3.8) is 0 Å². The number of nitrogens with one attached hydrogen (secondary N) is 1. The minimum Gasteiger partial charge on any atom is -0.379 e.